The van der Waals surface area contributed by atoms with Crippen molar-refractivity contribution in [2.75, 3.05) is 33.5 Å². The molecule has 9 nitrogen and oxygen atoms in total. The number of carboxylic acids is 2. The number of unbranched alkanes of at least 4 members (excludes halogenated alkanes) is 13. The van der Waals surface area contributed by atoms with Gasteiger partial charge in [0, 0.05) is 39.3 Å². The largest absolute Gasteiger partial charge is 0.481 e. The van der Waals surface area contributed by atoms with E-state index in [1.807, 2.05) is 0 Å². The van der Waals surface area contributed by atoms with Gasteiger partial charge in [-0.05, 0) is 19.3 Å². The first-order chi connectivity index (χ1) is 18.4. The van der Waals surface area contributed by atoms with Gasteiger partial charge in [-0.1, -0.05) is 77.0 Å². The molecule has 0 fully saturated rings. The second-order valence-electron chi connectivity index (χ2n) is 10.1. The highest BCUT2D eigenvalue weighted by molar-refractivity contribution is 5.84. The van der Waals surface area contributed by atoms with Crippen LogP contribution in [0.1, 0.15) is 122 Å². The van der Waals surface area contributed by atoms with E-state index in [1.165, 1.54) is 51.4 Å². The van der Waals surface area contributed by atoms with Crippen molar-refractivity contribution < 1.29 is 38.9 Å². The predicted octanol–water partition coefficient (Wildman–Crippen LogP) is 5.53. The number of hydrogen-bond acceptors (Lipinski definition) is 6. The van der Waals surface area contributed by atoms with Gasteiger partial charge in [0.2, 0.25) is 5.91 Å². The van der Waals surface area contributed by atoms with Crippen LogP contribution < -0.4 is 5.32 Å². The normalized spacial score (nSPS) is 11.8. The fourth-order valence-electron chi connectivity index (χ4n) is 4.31. The minimum atomic E-state index is -1.02. The smallest absolute Gasteiger partial charge is 0.306 e. The van der Waals surface area contributed by atoms with Gasteiger partial charge in [0.15, 0.2) is 0 Å². The van der Waals surface area contributed by atoms with Gasteiger partial charge in [0.05, 0.1) is 25.7 Å². The maximum absolute atomic E-state index is 12.2. The maximum atomic E-state index is 12.2. The van der Waals surface area contributed by atoms with Crippen molar-refractivity contribution in [3.05, 3.63) is 0 Å². The van der Waals surface area contributed by atoms with E-state index < -0.39 is 17.9 Å². The Morgan fingerprint density at radius 2 is 1.16 bits per heavy atom. The quantitative estimate of drug-likeness (QED) is 0.105. The van der Waals surface area contributed by atoms with Gasteiger partial charge in [0.25, 0.3) is 0 Å². The zero-order chi connectivity index (χ0) is 28.3. The van der Waals surface area contributed by atoms with Crippen LogP contribution in [0.5, 0.6) is 0 Å². The molecule has 0 saturated heterocycles. The van der Waals surface area contributed by atoms with Crippen LogP contribution in [0.2, 0.25) is 0 Å². The summed E-state index contributed by atoms with van der Waals surface area (Å²) in [6.07, 6.45) is 16.6. The lowest BCUT2D eigenvalue weighted by Gasteiger charge is -2.12. The first-order valence-electron chi connectivity index (χ1n) is 14.7. The van der Waals surface area contributed by atoms with E-state index >= 15 is 0 Å². The van der Waals surface area contributed by atoms with Gasteiger partial charge in [-0.25, -0.2) is 0 Å². The SMILES string of the molecule is COCCOCCNC(=O)CC[C@H](CC(=O)CCCCCCCCCCCCCCCCC(=O)O)C(=O)O. The van der Waals surface area contributed by atoms with Crippen LogP contribution in [0.25, 0.3) is 0 Å². The lowest BCUT2D eigenvalue weighted by atomic mass is 9.94. The highest BCUT2D eigenvalue weighted by Crippen LogP contribution is 2.17. The molecular formula is C29H53NO8. The molecule has 0 bridgehead atoms. The third-order valence-corrected chi connectivity index (χ3v) is 6.64. The molecule has 0 aliphatic heterocycles. The Morgan fingerprint density at radius 3 is 1.63 bits per heavy atom. The van der Waals surface area contributed by atoms with Crippen LogP contribution in [0, 0.1) is 5.92 Å². The fourth-order valence-corrected chi connectivity index (χ4v) is 4.31. The first-order valence-corrected chi connectivity index (χ1v) is 14.7. The zero-order valence-corrected chi connectivity index (χ0v) is 23.7. The van der Waals surface area contributed by atoms with E-state index in [0.717, 1.165) is 38.5 Å². The molecule has 0 aromatic heterocycles. The number of ketones is 1. The van der Waals surface area contributed by atoms with Gasteiger partial charge >= 0.3 is 11.9 Å². The van der Waals surface area contributed by atoms with Crippen LogP contribution in [0.4, 0.5) is 0 Å². The van der Waals surface area contributed by atoms with Crippen LogP contribution in [-0.2, 0) is 28.7 Å². The Bertz CT molecular complexity index is 626. The van der Waals surface area contributed by atoms with Crippen molar-refractivity contribution in [3.63, 3.8) is 0 Å². The minimum absolute atomic E-state index is 0.00885. The van der Waals surface area contributed by atoms with Crippen molar-refractivity contribution in [1.82, 2.24) is 5.32 Å². The molecule has 0 aliphatic carbocycles. The molecule has 222 valence electrons. The van der Waals surface area contributed by atoms with Gasteiger partial charge in [-0.2, -0.15) is 0 Å². The van der Waals surface area contributed by atoms with E-state index in [1.54, 1.807) is 7.11 Å². The fraction of sp³-hybridized carbons (Fsp3) is 0.862. The number of aliphatic carboxylic acids is 2. The highest BCUT2D eigenvalue weighted by atomic mass is 16.5. The van der Waals surface area contributed by atoms with E-state index in [9.17, 15) is 24.3 Å². The van der Waals surface area contributed by atoms with Gasteiger partial charge in [-0.3, -0.25) is 19.2 Å². The summed E-state index contributed by atoms with van der Waals surface area (Å²) >= 11 is 0. The molecular weight excluding hydrogens is 490 g/mol. The van der Waals surface area contributed by atoms with Crippen molar-refractivity contribution in [2.24, 2.45) is 5.92 Å². The van der Waals surface area contributed by atoms with Crippen LogP contribution >= 0.6 is 0 Å². The predicted molar refractivity (Wildman–Crippen MR) is 147 cm³/mol. The first kappa shape index (κ1) is 36.0. The summed E-state index contributed by atoms with van der Waals surface area (Å²) in [4.78, 5) is 46.1. The summed E-state index contributed by atoms with van der Waals surface area (Å²) in [5, 5.41) is 20.7. The Hall–Kier alpha value is -2.00. The molecule has 0 heterocycles. The molecule has 3 N–H and O–H groups in total. The third kappa shape index (κ3) is 25.6. The monoisotopic (exact) mass is 543 g/mol. The molecule has 1 atom stereocenters. The van der Waals surface area contributed by atoms with E-state index in [-0.39, 0.29) is 37.4 Å². The molecule has 38 heavy (non-hydrogen) atoms. The number of hydrogen-bond donors (Lipinski definition) is 3. The zero-order valence-electron chi connectivity index (χ0n) is 23.7. The summed E-state index contributed by atoms with van der Waals surface area (Å²) in [5.74, 6) is -2.81. The number of ether oxygens (including phenoxy) is 2. The number of nitrogens with one attached hydrogen (secondary N) is 1. The average molecular weight is 544 g/mol. The minimum Gasteiger partial charge on any atom is -0.481 e. The second-order valence-corrected chi connectivity index (χ2v) is 10.1. The summed E-state index contributed by atoms with van der Waals surface area (Å²) < 4.78 is 10.1. The molecule has 0 saturated carbocycles. The van der Waals surface area contributed by atoms with E-state index in [0.29, 0.717) is 32.8 Å². The van der Waals surface area contributed by atoms with Gasteiger partial charge in [-0.15, -0.1) is 0 Å². The molecule has 0 aliphatic rings. The summed E-state index contributed by atoms with van der Waals surface area (Å²) in [6.45, 7) is 1.68. The molecule has 9 heteroatoms. The van der Waals surface area contributed by atoms with Crippen molar-refractivity contribution in [2.45, 2.75) is 122 Å². The maximum Gasteiger partial charge on any atom is 0.306 e. The number of amides is 1. The molecule has 0 rings (SSSR count). The van der Waals surface area contributed by atoms with Gasteiger partial charge < -0.3 is 25.0 Å². The second kappa shape index (κ2) is 26.6. The third-order valence-electron chi connectivity index (χ3n) is 6.64. The van der Waals surface area contributed by atoms with E-state index in [2.05, 4.69) is 5.32 Å². The number of carboxylic acid groups (broad SMARTS) is 2. The molecule has 0 radical (unpaired) electrons. The molecule has 0 aromatic rings. The van der Waals surface area contributed by atoms with Gasteiger partial charge in [0.1, 0.15) is 5.78 Å². The topological polar surface area (TPSA) is 139 Å². The van der Waals surface area contributed by atoms with Crippen molar-refractivity contribution in [1.29, 1.82) is 0 Å². The lowest BCUT2D eigenvalue weighted by Crippen LogP contribution is -2.29. The summed E-state index contributed by atoms with van der Waals surface area (Å²) in [7, 11) is 1.58. The Balaban J connectivity index is 3.63. The lowest BCUT2D eigenvalue weighted by molar-refractivity contribution is -0.144. The Kier molecular flexibility index (Phi) is 25.2. The van der Waals surface area contributed by atoms with Crippen molar-refractivity contribution >= 4 is 23.6 Å². The number of rotatable bonds is 29. The Labute approximate surface area is 229 Å². The summed E-state index contributed by atoms with van der Waals surface area (Å²) in [6, 6.07) is 0. The van der Waals surface area contributed by atoms with Crippen molar-refractivity contribution in [3.8, 4) is 0 Å². The highest BCUT2D eigenvalue weighted by Gasteiger charge is 2.22. The number of carbonyl (C=O) groups is 4. The molecule has 0 aromatic carbocycles. The number of methoxy groups -OCH3 is 1. The Morgan fingerprint density at radius 1 is 0.658 bits per heavy atom. The van der Waals surface area contributed by atoms with E-state index in [4.69, 9.17) is 14.6 Å². The average Bonchev–Trinajstić information content (AvgIpc) is 2.87. The number of Topliss-reactive ketones (excluding diaryl/α,β-unsaturated/α-hetero) is 1. The summed E-state index contributed by atoms with van der Waals surface area (Å²) in [5.41, 5.74) is 0. The standard InChI is InChI=1S/C29H53NO8/c1-37-22-23-38-21-20-30-27(32)19-18-25(29(35)36)24-26(31)16-14-12-10-8-6-4-2-3-5-7-9-11-13-15-17-28(33)34/h25H,2-24H2,1H3,(H,30,32)(H,33,34)(H,35,36)/t25-/m1/s1. The van der Waals surface area contributed by atoms with Crippen LogP contribution in [0.15, 0.2) is 0 Å². The molecule has 0 spiro atoms. The van der Waals surface area contributed by atoms with Crippen LogP contribution in [-0.4, -0.2) is 67.3 Å². The number of carbonyl (C=O) groups excluding carboxylic acids is 2. The molecule has 1 amide bonds. The van der Waals surface area contributed by atoms with Crippen LogP contribution in [0.3, 0.4) is 0 Å². The molecule has 0 unspecified atom stereocenters.